The van der Waals surface area contributed by atoms with E-state index >= 15 is 0 Å². The first-order chi connectivity index (χ1) is 66.8. The number of nitrogens with zero attached hydrogens (tertiary/aromatic N) is 17. The number of ether oxygens (including phenoxy) is 1. The number of nitrogens with two attached hydrogens (primary N) is 1. The lowest BCUT2D eigenvalue weighted by molar-refractivity contribution is -0.137. The van der Waals surface area contributed by atoms with Crippen molar-refractivity contribution < 1.29 is 76.4 Å². The zero-order valence-electron chi connectivity index (χ0n) is 75.7. The lowest BCUT2D eigenvalue weighted by atomic mass is 9.95. The third-order valence-electron chi connectivity index (χ3n) is 23.7. The summed E-state index contributed by atoms with van der Waals surface area (Å²) >= 11 is 12.1. The Morgan fingerprint density at radius 1 is 0.626 bits per heavy atom. The van der Waals surface area contributed by atoms with Crippen LogP contribution >= 0.6 is 46.1 Å². The molecule has 5 aromatic heterocycles. The fraction of sp³-hybridized carbons (Fsp3) is 0.274. The van der Waals surface area contributed by atoms with Crippen LogP contribution in [0.2, 0.25) is 10.0 Å². The van der Waals surface area contributed by atoms with Gasteiger partial charge in [0.15, 0.2) is 11.2 Å². The molecule has 4 saturated heterocycles. The number of sulfonamides is 3. The Hall–Kier alpha value is -13.8. The van der Waals surface area contributed by atoms with Crippen LogP contribution in [-0.2, 0) is 78.0 Å². The van der Waals surface area contributed by atoms with Crippen LogP contribution < -0.4 is 49.1 Å². The molecule has 8 aromatic carbocycles. The Balaban J connectivity index is 0.000000228. The number of phenols is 1. The summed E-state index contributed by atoms with van der Waals surface area (Å²) in [6.07, 6.45) is 13.4. The number of anilines is 9. The maximum atomic E-state index is 13.4. The van der Waals surface area contributed by atoms with Gasteiger partial charge in [-0.05, 0) is 238 Å². The molecule has 4 unspecified atom stereocenters. The minimum absolute atomic E-state index is 0. The smallest absolute Gasteiger partial charge is 0.268 e. The fourth-order valence-electron chi connectivity index (χ4n) is 16.3. The standard InChI is InChI=1S/C25H29N5O4S.C24H25ClN6O4S2.C22H22N4O3S.C20H18ClN3O4S2.C4H5N3.6H2/c1-2-20(16-19-4-3-5-22(31)17-19)25(32)30-14-12-29(13-15-30)21-6-8-23(9-7-21)35(33,34)28-24-10-11-26-18-27-24;1-16(30-10-2-3-17-13-18(25)4-9-21(17)30)23(33)29-11-12-31(22(32)14-29)19-5-7-20(8-6-19)37(34,35)28-24-26-15-27-36-24;1-16(26-15-17(14-23)20-4-2-3-5-21(20)26)22(27)25-12-10-24(11-13-25)18-6-8-19(9-7-18)30(28)29;1-13-12-15(4-7-17(13)21)28-18-8-10-24(19(18)25)14-2-5-16(6-3-14)30(26,27)23-20-22-9-11-29-20;5-4-1-2-6-3-7-4;;;;;;/h3-11,17-18,20,31H,2,12-16H2,1H3,(H,26,27,28);4-9,13,15-16H,2-3,10-12,14H2,1H3,(H,26,27,28);2-9,15-16H,10-13H2,1H3,(H,28,29);2-7,9,11-12,18H,8,10H2,1H3,(H,22,23);1-3H,(H2,5,6,7);6*1H/p-1/t;16-;;;;;;;;;/m.1........./s1. The molecule has 5 aliphatic rings. The number of carbonyl (C=O) groups excluding carboxylic acids is 5. The van der Waals surface area contributed by atoms with E-state index < -0.39 is 59.3 Å². The molecule has 0 bridgehead atoms. The Morgan fingerprint density at radius 3 is 1.78 bits per heavy atom. The highest BCUT2D eigenvalue weighted by atomic mass is 35.5. The van der Waals surface area contributed by atoms with Gasteiger partial charge in [-0.1, -0.05) is 60.5 Å². The van der Waals surface area contributed by atoms with Gasteiger partial charge in [-0.2, -0.15) is 9.64 Å². The van der Waals surface area contributed by atoms with Gasteiger partial charge < -0.3 is 63.9 Å². The van der Waals surface area contributed by atoms with Crippen molar-refractivity contribution >= 4 is 178 Å². The van der Waals surface area contributed by atoms with Crippen LogP contribution in [0.5, 0.6) is 11.5 Å². The molecule has 5 amide bonds. The minimum Gasteiger partial charge on any atom is -0.768 e. The predicted molar refractivity (Wildman–Crippen MR) is 546 cm³/mol. The summed E-state index contributed by atoms with van der Waals surface area (Å²) in [5, 5.41) is 23.4. The van der Waals surface area contributed by atoms with Crippen molar-refractivity contribution in [2.75, 3.05) is 129 Å². The highest BCUT2D eigenvalue weighted by Crippen LogP contribution is 2.36. The molecule has 13 aromatic rings. The van der Waals surface area contributed by atoms with E-state index in [1.807, 2.05) is 90.6 Å². The van der Waals surface area contributed by atoms with E-state index in [1.165, 1.54) is 73.0 Å². The summed E-state index contributed by atoms with van der Waals surface area (Å²) in [5.41, 5.74) is 13.7. The van der Waals surface area contributed by atoms with Gasteiger partial charge >= 0.3 is 0 Å². The summed E-state index contributed by atoms with van der Waals surface area (Å²) in [6, 6.07) is 55.9. The second-order valence-corrected chi connectivity index (χ2v) is 41.1. The van der Waals surface area contributed by atoms with Crippen LogP contribution in [0.15, 0.2) is 263 Å². The van der Waals surface area contributed by atoms with Crippen LogP contribution in [-0.4, -0.2) is 219 Å². The number of fused-ring (bicyclic) bond motifs is 2. The normalized spacial score (nSPS) is 15.8. The van der Waals surface area contributed by atoms with Crippen molar-refractivity contribution in [1.29, 1.82) is 5.26 Å². The van der Waals surface area contributed by atoms with Crippen molar-refractivity contribution in [3.63, 3.8) is 0 Å². The number of para-hydroxylation sites is 1. The number of nitriles is 1. The average Bonchev–Trinajstić information content (AvgIpc) is 1.60. The summed E-state index contributed by atoms with van der Waals surface area (Å²) in [6.45, 7) is 14.6. The van der Waals surface area contributed by atoms with E-state index in [0.717, 1.165) is 82.0 Å². The molecular formula is C95H110Cl2N21O15S6-. The maximum absolute atomic E-state index is 13.4. The van der Waals surface area contributed by atoms with Crippen molar-refractivity contribution in [1.82, 2.24) is 53.5 Å². The number of hydrogen-bond donors (Lipinski definition) is 5. The lowest BCUT2D eigenvalue weighted by Crippen LogP contribution is -2.57. The van der Waals surface area contributed by atoms with Gasteiger partial charge in [0.05, 0.1) is 25.8 Å². The Bertz CT molecular complexity index is 6940. The zero-order chi connectivity index (χ0) is 98.7. The molecule has 36 nitrogen and oxygen atoms in total. The topological polar surface area (TPSA) is 464 Å². The molecule has 0 aliphatic carbocycles. The molecule has 6 N–H and O–H groups in total. The van der Waals surface area contributed by atoms with Crippen molar-refractivity contribution in [3.8, 4) is 17.6 Å². The number of hydrogen-bond acceptors (Lipinski definition) is 29. The molecule has 4 fully saturated rings. The van der Waals surface area contributed by atoms with Gasteiger partial charge in [-0.15, -0.1) is 11.3 Å². The van der Waals surface area contributed by atoms with Gasteiger partial charge in [0.1, 0.15) is 66.8 Å². The second-order valence-electron chi connectivity index (χ2n) is 32.5. The Labute approximate surface area is 833 Å². The van der Waals surface area contributed by atoms with Crippen LogP contribution in [0, 0.1) is 24.2 Å². The van der Waals surface area contributed by atoms with Gasteiger partial charge in [0, 0.05) is 190 Å². The summed E-state index contributed by atoms with van der Waals surface area (Å²) in [4.78, 5) is 104. The van der Waals surface area contributed by atoms with E-state index in [-0.39, 0.29) is 86.8 Å². The molecule has 5 atom stereocenters. The molecule has 18 rings (SSSR count). The summed E-state index contributed by atoms with van der Waals surface area (Å²) in [7, 11) is -11.3. The number of nitrogen functional groups attached to an aromatic ring is 1. The third kappa shape index (κ3) is 25.8. The quantitative estimate of drug-likeness (QED) is 0.0351. The molecule has 0 saturated carbocycles. The SMILES string of the molecule is CC(C(=O)N1CCN(c2ccc(S(=O)[O-])cc2)CC1)n1cc(C#N)c2ccccc21.CCC(Cc1cccc(O)c1)C(=O)N1CCN(c2ccc(S(=O)(=O)Nc3ccncn3)cc2)CC1.C[C@H](C(=O)N1CCN(c2ccc(S(=O)(=O)Nc3ncns3)cc2)C(=O)C1)N1CCCc2cc(Cl)ccc21.Cc1cc(OC2CCN(c3ccc(S(=O)(=O)Nc4nccs4)cc3)C2=O)ccc1Cl.Nc1ccncn1.[HH].[HH].[HH].[HH].[HH].[HH]. The molecular weight excluding hydrogens is 1940 g/mol. The molecule has 736 valence electrons. The number of benzene rings is 8. The number of thiazole rings is 1. The second kappa shape index (κ2) is 46.1. The van der Waals surface area contributed by atoms with Gasteiger partial charge in [0.25, 0.3) is 36.0 Å². The van der Waals surface area contributed by atoms with E-state index in [2.05, 4.69) is 69.2 Å². The highest BCUT2D eigenvalue weighted by molar-refractivity contribution is 7.93. The van der Waals surface area contributed by atoms with Crippen LogP contribution in [0.25, 0.3) is 10.9 Å². The van der Waals surface area contributed by atoms with E-state index in [9.17, 15) is 68.4 Å². The van der Waals surface area contributed by atoms with Gasteiger partial charge in [-0.25, -0.2) is 55.2 Å². The van der Waals surface area contributed by atoms with E-state index in [4.69, 9.17) is 33.7 Å². The Kier molecular flexibility index (Phi) is 33.6. The number of amides is 5. The Morgan fingerprint density at radius 2 is 1.22 bits per heavy atom. The van der Waals surface area contributed by atoms with E-state index in [0.29, 0.717) is 129 Å². The molecule has 0 radical (unpaired) electrons. The maximum Gasteiger partial charge on any atom is 0.268 e. The first-order valence-electron chi connectivity index (χ1n) is 44.1. The number of aryl methyl sites for hydroxylation is 2. The molecule has 5 aliphatic heterocycles. The predicted octanol–water partition coefficient (Wildman–Crippen LogP) is 14.2. The van der Waals surface area contributed by atoms with Crippen molar-refractivity contribution in [2.24, 2.45) is 5.92 Å². The average molecular weight is 2050 g/mol. The van der Waals surface area contributed by atoms with Crippen LogP contribution in [0.4, 0.5) is 50.3 Å². The summed E-state index contributed by atoms with van der Waals surface area (Å²) < 4.78 is 116. The number of piperazine rings is 3. The number of aromatic hydroxyl groups is 1. The molecule has 139 heavy (non-hydrogen) atoms. The fourth-order valence-corrected chi connectivity index (χ4v) is 21.4. The van der Waals surface area contributed by atoms with Crippen molar-refractivity contribution in [2.45, 2.75) is 97.6 Å². The minimum atomic E-state index is -3.82. The summed E-state index contributed by atoms with van der Waals surface area (Å²) in [5.74, 6) is 1.06. The monoisotopic (exact) mass is 2050 g/mol. The number of aromatic nitrogens is 8. The third-order valence-corrected chi connectivity index (χ3v) is 30.6. The molecule has 44 heteroatoms. The van der Waals surface area contributed by atoms with Crippen molar-refractivity contribution in [3.05, 3.63) is 276 Å². The molecule has 10 heterocycles. The highest BCUT2D eigenvalue weighted by Gasteiger charge is 2.38. The van der Waals surface area contributed by atoms with Crippen LogP contribution in [0.3, 0.4) is 0 Å². The van der Waals surface area contributed by atoms with Gasteiger partial charge in [-0.3, -0.25) is 42.3 Å². The van der Waals surface area contributed by atoms with E-state index in [1.54, 1.807) is 148 Å². The van der Waals surface area contributed by atoms with Crippen LogP contribution in [0.1, 0.15) is 76.9 Å². The molecule has 0 spiro atoms. The largest absolute Gasteiger partial charge is 0.768 e. The zero-order valence-corrected chi connectivity index (χ0v) is 82.1. The number of halogens is 2. The lowest BCUT2D eigenvalue weighted by Gasteiger charge is -2.40. The van der Waals surface area contributed by atoms with Gasteiger partial charge in [0.2, 0.25) is 28.8 Å². The number of nitrogens with one attached hydrogen (secondary N) is 3. The first-order valence-corrected chi connectivity index (χ1v) is 52.0. The number of carbonyl (C=O) groups is 5. The first kappa shape index (κ1) is 101. The number of rotatable bonds is 24. The number of phenolic OH excluding ortho intramolecular Hbond substituents is 1.